The summed E-state index contributed by atoms with van der Waals surface area (Å²) in [5.41, 5.74) is -0.534. The lowest BCUT2D eigenvalue weighted by atomic mass is 9.98. The highest BCUT2D eigenvalue weighted by Crippen LogP contribution is 2.37. The number of nitrogens with one attached hydrogen (secondary N) is 2. The Morgan fingerprint density at radius 1 is 1.00 bits per heavy atom. The first-order valence-electron chi connectivity index (χ1n) is 13.8. The predicted octanol–water partition coefficient (Wildman–Crippen LogP) is 2.99. The summed E-state index contributed by atoms with van der Waals surface area (Å²) in [6, 6.07) is 3.28. The normalized spacial score (nSPS) is 22.4. The highest BCUT2D eigenvalue weighted by atomic mass is 79.9. The van der Waals surface area contributed by atoms with Crippen LogP contribution in [0, 0.1) is 20.2 Å². The number of nitro groups is 2. The summed E-state index contributed by atoms with van der Waals surface area (Å²) in [4.78, 5) is 24.9. The first-order valence-corrected chi connectivity index (χ1v) is 15.4. The zero-order chi connectivity index (χ0) is 31.5. The molecule has 2 N–H and O–H groups in total. The average molecular weight is 708 g/mol. The lowest BCUT2D eigenvalue weighted by Crippen LogP contribution is -2.55. The van der Waals surface area contributed by atoms with E-state index in [2.05, 4.69) is 35.9 Å². The van der Waals surface area contributed by atoms with Gasteiger partial charge in [-0.3, -0.25) is 20.2 Å². The predicted molar refractivity (Wildman–Crippen MR) is 160 cm³/mol. The third-order valence-electron chi connectivity index (χ3n) is 6.48. The van der Waals surface area contributed by atoms with Crippen molar-refractivity contribution < 1.29 is 43.0 Å². The van der Waals surface area contributed by atoms with Crippen LogP contribution in [0.2, 0.25) is 0 Å². The summed E-state index contributed by atoms with van der Waals surface area (Å²) < 4.78 is 45.3. The molecule has 2 fully saturated rings. The summed E-state index contributed by atoms with van der Waals surface area (Å²) in [7, 11) is 0. The standard InChI is InChI=1S/C25H35BrN6O11S/c1-25(2)42-21-18(28-24-29-23(26)30-44-24)14-41-20(22(21)43-25)15-40-12-11-39-10-9-38-8-7-37-6-5-27-17-4-3-16(31(33)34)13-19(17)32(35)36/h3-4,13,18,20-22,27H,5-12,14-15H2,1-2H3,(H,28,29,30)/t18-,20+,21+,22-/m0/s1. The van der Waals surface area contributed by atoms with E-state index in [1.165, 1.54) is 23.7 Å². The van der Waals surface area contributed by atoms with Crippen molar-refractivity contribution in [1.29, 1.82) is 0 Å². The van der Waals surface area contributed by atoms with Crippen LogP contribution in [-0.4, -0.2) is 115 Å². The number of nitrogens with zero attached hydrogens (tertiary/aromatic N) is 4. The molecule has 0 unspecified atom stereocenters. The van der Waals surface area contributed by atoms with E-state index in [1.807, 2.05) is 13.8 Å². The van der Waals surface area contributed by atoms with Crippen LogP contribution in [0.15, 0.2) is 22.9 Å². The first-order chi connectivity index (χ1) is 21.1. The third kappa shape index (κ3) is 10.2. The molecule has 0 amide bonds. The van der Waals surface area contributed by atoms with Gasteiger partial charge in [0.1, 0.15) is 24.0 Å². The molecule has 17 nitrogen and oxygen atoms in total. The van der Waals surface area contributed by atoms with Gasteiger partial charge in [0, 0.05) is 24.1 Å². The van der Waals surface area contributed by atoms with Gasteiger partial charge in [0.15, 0.2) is 5.79 Å². The van der Waals surface area contributed by atoms with Crippen LogP contribution in [-0.2, 0) is 33.2 Å². The zero-order valence-corrected chi connectivity index (χ0v) is 26.6. The van der Waals surface area contributed by atoms with Crippen molar-refractivity contribution in [3.8, 4) is 0 Å². The van der Waals surface area contributed by atoms with E-state index in [9.17, 15) is 20.2 Å². The number of rotatable bonds is 19. The summed E-state index contributed by atoms with van der Waals surface area (Å²) in [6.07, 6.45) is -0.829. The van der Waals surface area contributed by atoms with Crippen molar-refractivity contribution in [1.82, 2.24) is 9.36 Å². The van der Waals surface area contributed by atoms with Gasteiger partial charge in [0.2, 0.25) is 9.87 Å². The van der Waals surface area contributed by atoms with Gasteiger partial charge in [-0.25, -0.2) is 0 Å². The van der Waals surface area contributed by atoms with Gasteiger partial charge >= 0.3 is 0 Å². The number of fused-ring (bicyclic) bond motifs is 1. The van der Waals surface area contributed by atoms with Crippen molar-refractivity contribution in [2.24, 2.45) is 0 Å². The molecule has 244 valence electrons. The van der Waals surface area contributed by atoms with Crippen LogP contribution in [0.1, 0.15) is 13.8 Å². The fourth-order valence-electron chi connectivity index (χ4n) is 4.57. The van der Waals surface area contributed by atoms with Crippen molar-refractivity contribution in [3.05, 3.63) is 43.2 Å². The van der Waals surface area contributed by atoms with Gasteiger partial charge in [-0.15, -0.1) is 0 Å². The molecular formula is C25H35BrN6O11S. The molecule has 2 saturated heterocycles. The Morgan fingerprint density at radius 3 is 2.30 bits per heavy atom. The average Bonchev–Trinajstić information content (AvgIpc) is 3.55. The molecule has 0 aliphatic carbocycles. The SMILES string of the molecule is CC1(C)O[C@@H]2[C@H](O1)[C@@H](Nc1nc(Br)ns1)CO[C@@H]2COCCOCCOCCOCCNc1ccc([N+](=O)[O-])cc1[N+](=O)[O-]. The Bertz CT molecular complexity index is 1240. The molecule has 4 rings (SSSR count). The van der Waals surface area contributed by atoms with Gasteiger partial charge in [-0.1, -0.05) is 0 Å². The summed E-state index contributed by atoms with van der Waals surface area (Å²) in [5.74, 6) is -0.744. The fraction of sp³-hybridized carbons (Fsp3) is 0.680. The maximum Gasteiger partial charge on any atom is 0.299 e. The van der Waals surface area contributed by atoms with Crippen LogP contribution in [0.5, 0.6) is 0 Å². The molecule has 4 atom stereocenters. The number of benzene rings is 1. The van der Waals surface area contributed by atoms with Crippen molar-refractivity contribution >= 4 is 49.7 Å². The maximum absolute atomic E-state index is 11.2. The minimum absolute atomic E-state index is 0.144. The number of aromatic nitrogens is 2. The molecule has 2 aliphatic rings. The molecule has 3 heterocycles. The molecule has 0 spiro atoms. The minimum atomic E-state index is -0.744. The lowest BCUT2D eigenvalue weighted by molar-refractivity contribution is -0.393. The van der Waals surface area contributed by atoms with Gasteiger partial charge in [0.05, 0.1) is 81.4 Å². The largest absolute Gasteiger partial charge is 0.377 e. The molecule has 2 aromatic rings. The van der Waals surface area contributed by atoms with Crippen LogP contribution in [0.4, 0.5) is 22.2 Å². The van der Waals surface area contributed by atoms with Crippen molar-refractivity contribution in [3.63, 3.8) is 0 Å². The fourth-order valence-corrected chi connectivity index (χ4v) is 5.62. The Labute approximate surface area is 265 Å². The summed E-state index contributed by atoms with van der Waals surface area (Å²) in [5, 5.41) is 28.8. The Kier molecular flexibility index (Phi) is 12.9. The smallest absolute Gasteiger partial charge is 0.299 e. The molecule has 2 aliphatic heterocycles. The number of ether oxygens (including phenoxy) is 7. The number of halogens is 1. The van der Waals surface area contributed by atoms with E-state index in [-0.39, 0.29) is 54.6 Å². The van der Waals surface area contributed by atoms with E-state index in [0.29, 0.717) is 62.7 Å². The molecule has 0 radical (unpaired) electrons. The summed E-state index contributed by atoms with van der Waals surface area (Å²) >= 11 is 4.51. The van der Waals surface area contributed by atoms with E-state index in [1.54, 1.807) is 0 Å². The molecular weight excluding hydrogens is 672 g/mol. The van der Waals surface area contributed by atoms with E-state index in [4.69, 9.17) is 33.2 Å². The highest BCUT2D eigenvalue weighted by Gasteiger charge is 2.52. The Morgan fingerprint density at radius 2 is 1.66 bits per heavy atom. The minimum Gasteiger partial charge on any atom is -0.377 e. The second kappa shape index (κ2) is 16.6. The summed E-state index contributed by atoms with van der Waals surface area (Å²) in [6.45, 7) is 7.26. The molecule has 0 bridgehead atoms. The monoisotopic (exact) mass is 706 g/mol. The molecule has 1 aromatic heterocycles. The number of anilines is 2. The quantitative estimate of drug-likeness (QED) is 0.123. The Balaban J connectivity index is 1.01. The Hall–Kier alpha value is -2.62. The first kappa shape index (κ1) is 34.3. The second-order valence-electron chi connectivity index (χ2n) is 10.1. The van der Waals surface area contributed by atoms with E-state index >= 15 is 0 Å². The lowest BCUT2D eigenvalue weighted by Gasteiger charge is -2.37. The molecule has 19 heteroatoms. The number of hydrogen-bond acceptors (Lipinski definition) is 16. The van der Waals surface area contributed by atoms with E-state index in [0.717, 1.165) is 6.07 Å². The van der Waals surface area contributed by atoms with Crippen molar-refractivity contribution in [2.75, 3.05) is 76.6 Å². The number of non-ortho nitro benzene ring substituents is 1. The van der Waals surface area contributed by atoms with Gasteiger partial charge in [-0.05, 0) is 35.8 Å². The van der Waals surface area contributed by atoms with E-state index < -0.39 is 15.6 Å². The van der Waals surface area contributed by atoms with Crippen molar-refractivity contribution in [2.45, 2.75) is 44.0 Å². The zero-order valence-electron chi connectivity index (χ0n) is 24.2. The van der Waals surface area contributed by atoms with Crippen LogP contribution >= 0.6 is 27.5 Å². The number of nitro benzene ring substituents is 2. The topological polar surface area (TPSA) is 201 Å². The van der Waals surface area contributed by atoms with Crippen LogP contribution in [0.3, 0.4) is 0 Å². The van der Waals surface area contributed by atoms with Crippen LogP contribution in [0.25, 0.3) is 0 Å². The molecule has 1 aromatic carbocycles. The van der Waals surface area contributed by atoms with Gasteiger partial charge < -0.3 is 43.8 Å². The number of hydrogen-bond donors (Lipinski definition) is 2. The molecule has 44 heavy (non-hydrogen) atoms. The third-order valence-corrected chi connectivity index (χ3v) is 7.71. The van der Waals surface area contributed by atoms with Crippen LogP contribution < -0.4 is 10.6 Å². The maximum atomic E-state index is 11.2. The van der Waals surface area contributed by atoms with Gasteiger partial charge in [-0.2, -0.15) is 9.36 Å². The molecule has 0 saturated carbocycles. The highest BCUT2D eigenvalue weighted by molar-refractivity contribution is 9.10. The second-order valence-corrected chi connectivity index (χ2v) is 11.6. The van der Waals surface area contributed by atoms with Gasteiger partial charge in [0.25, 0.3) is 11.4 Å².